The van der Waals surface area contributed by atoms with Crippen LogP contribution < -0.4 is 9.64 Å². The smallest absolute Gasteiger partial charge is 0.249 e. The van der Waals surface area contributed by atoms with Crippen molar-refractivity contribution in [2.75, 3.05) is 58.5 Å². The van der Waals surface area contributed by atoms with Crippen LogP contribution in [-0.4, -0.2) is 91.4 Å². The van der Waals surface area contributed by atoms with Gasteiger partial charge in [-0.05, 0) is 37.6 Å². The maximum Gasteiger partial charge on any atom is 0.249 e. The number of carbonyl (C=O) groups excluding carboxylic acids is 2. The molecule has 33 heavy (non-hydrogen) atoms. The van der Waals surface area contributed by atoms with E-state index in [2.05, 4.69) is 15.1 Å². The Bertz CT molecular complexity index is 929. The third kappa shape index (κ3) is 6.19. The number of amides is 2. The van der Waals surface area contributed by atoms with E-state index < -0.39 is 0 Å². The Hall–Kier alpha value is -3.20. The minimum absolute atomic E-state index is 0.0174. The molecule has 2 heterocycles. The molecule has 1 fully saturated rings. The summed E-state index contributed by atoms with van der Waals surface area (Å²) in [6.07, 6.45) is 0.779. The van der Waals surface area contributed by atoms with Crippen LogP contribution in [-0.2, 0) is 14.3 Å². The quantitative estimate of drug-likeness (QED) is 0.572. The van der Waals surface area contributed by atoms with E-state index in [-0.39, 0.29) is 31.0 Å². The first-order valence-electron chi connectivity index (χ1n) is 11.3. The zero-order chi connectivity index (χ0) is 23.8. The second-order valence-corrected chi connectivity index (χ2v) is 8.09. The van der Waals surface area contributed by atoms with Crippen molar-refractivity contribution < 1.29 is 19.1 Å². The van der Waals surface area contributed by atoms with Gasteiger partial charge >= 0.3 is 0 Å². The van der Waals surface area contributed by atoms with Gasteiger partial charge in [0.2, 0.25) is 11.8 Å². The minimum atomic E-state index is -0.162. The highest BCUT2D eigenvalue weighted by Crippen LogP contribution is 2.23. The van der Waals surface area contributed by atoms with Crippen LogP contribution in [0.15, 0.2) is 36.4 Å². The molecule has 2 aromatic rings. The molecule has 0 aliphatic carbocycles. The Labute approximate surface area is 195 Å². The number of methoxy groups -OCH3 is 2. The molecule has 1 saturated heterocycles. The van der Waals surface area contributed by atoms with E-state index in [1.165, 1.54) is 7.11 Å². The van der Waals surface area contributed by atoms with E-state index >= 15 is 0 Å². The molecule has 9 nitrogen and oxygen atoms in total. The first-order chi connectivity index (χ1) is 16.0. The molecule has 0 spiro atoms. The highest BCUT2D eigenvalue weighted by atomic mass is 16.5. The Morgan fingerprint density at radius 3 is 2.45 bits per heavy atom. The standard InChI is InChI=1S/C24H33N5O4/c1-5-18(2)29(24(31)17-32-3)16-23(30)28-13-11-27(12-14-28)22-10-9-21(25-26-22)19-7-6-8-20(15-19)33-4/h6-10,15,18H,5,11-14,16-17H2,1-4H3. The third-order valence-electron chi connectivity index (χ3n) is 5.99. The molecule has 0 bridgehead atoms. The molecule has 1 unspecified atom stereocenters. The lowest BCUT2D eigenvalue weighted by atomic mass is 10.1. The van der Waals surface area contributed by atoms with Gasteiger partial charge in [0.1, 0.15) is 18.9 Å². The average Bonchev–Trinajstić information content (AvgIpc) is 2.87. The van der Waals surface area contributed by atoms with Crippen molar-refractivity contribution in [2.24, 2.45) is 0 Å². The molecular formula is C24H33N5O4. The van der Waals surface area contributed by atoms with Crippen molar-refractivity contribution in [2.45, 2.75) is 26.3 Å². The number of hydrogen-bond acceptors (Lipinski definition) is 7. The molecule has 0 saturated carbocycles. The van der Waals surface area contributed by atoms with Crippen molar-refractivity contribution in [3.63, 3.8) is 0 Å². The van der Waals surface area contributed by atoms with E-state index in [1.807, 2.05) is 55.1 Å². The second-order valence-electron chi connectivity index (χ2n) is 8.09. The molecule has 0 radical (unpaired) electrons. The van der Waals surface area contributed by atoms with Gasteiger partial charge in [0.15, 0.2) is 5.82 Å². The number of rotatable bonds is 9. The van der Waals surface area contributed by atoms with E-state index in [0.29, 0.717) is 26.2 Å². The number of carbonyl (C=O) groups is 2. The summed E-state index contributed by atoms with van der Waals surface area (Å²) in [4.78, 5) is 30.8. The fraction of sp³-hybridized carbons (Fsp3) is 0.500. The number of nitrogens with zero attached hydrogens (tertiary/aromatic N) is 5. The zero-order valence-corrected chi connectivity index (χ0v) is 19.9. The van der Waals surface area contributed by atoms with Gasteiger partial charge in [-0.2, -0.15) is 0 Å². The number of hydrogen-bond donors (Lipinski definition) is 0. The Morgan fingerprint density at radius 2 is 1.85 bits per heavy atom. The lowest BCUT2D eigenvalue weighted by molar-refractivity contribution is -0.144. The van der Waals surface area contributed by atoms with Crippen LogP contribution in [0.1, 0.15) is 20.3 Å². The lowest BCUT2D eigenvalue weighted by Gasteiger charge is -2.37. The van der Waals surface area contributed by atoms with Crippen LogP contribution in [0.25, 0.3) is 11.3 Å². The molecule has 1 atom stereocenters. The topological polar surface area (TPSA) is 88.1 Å². The van der Waals surface area contributed by atoms with Crippen molar-refractivity contribution in [1.29, 1.82) is 0 Å². The van der Waals surface area contributed by atoms with E-state index in [0.717, 1.165) is 29.2 Å². The summed E-state index contributed by atoms with van der Waals surface area (Å²) < 4.78 is 10.3. The Balaban J connectivity index is 1.57. The summed E-state index contributed by atoms with van der Waals surface area (Å²) in [6, 6.07) is 11.6. The third-order valence-corrected chi connectivity index (χ3v) is 5.99. The van der Waals surface area contributed by atoms with Crippen molar-refractivity contribution in [3.05, 3.63) is 36.4 Å². The average molecular weight is 456 g/mol. The monoisotopic (exact) mass is 455 g/mol. The summed E-state index contributed by atoms with van der Waals surface area (Å²) in [5.74, 6) is 1.35. The van der Waals surface area contributed by atoms with Crippen LogP contribution in [0.2, 0.25) is 0 Å². The summed E-state index contributed by atoms with van der Waals surface area (Å²) in [6.45, 7) is 6.48. The molecule has 1 aliphatic heterocycles. The maximum atomic E-state index is 12.9. The molecule has 0 N–H and O–H groups in total. The van der Waals surface area contributed by atoms with Crippen LogP contribution >= 0.6 is 0 Å². The van der Waals surface area contributed by atoms with Gasteiger partial charge in [-0.15, -0.1) is 10.2 Å². The molecule has 2 amide bonds. The highest BCUT2D eigenvalue weighted by molar-refractivity contribution is 5.85. The second kappa shape index (κ2) is 11.6. The molecule has 178 valence electrons. The minimum Gasteiger partial charge on any atom is -0.497 e. The van der Waals surface area contributed by atoms with Crippen LogP contribution in [0, 0.1) is 0 Å². The van der Waals surface area contributed by atoms with Crippen LogP contribution in [0.4, 0.5) is 5.82 Å². The number of aromatic nitrogens is 2. The Kier molecular flexibility index (Phi) is 8.59. The number of ether oxygens (including phenoxy) is 2. The number of piperazine rings is 1. The van der Waals surface area contributed by atoms with Crippen molar-refractivity contribution in [1.82, 2.24) is 20.0 Å². The van der Waals surface area contributed by atoms with Gasteiger partial charge in [-0.1, -0.05) is 19.1 Å². The van der Waals surface area contributed by atoms with Gasteiger partial charge in [-0.3, -0.25) is 9.59 Å². The molecule has 1 aromatic carbocycles. The molecule has 1 aliphatic rings. The van der Waals surface area contributed by atoms with Crippen LogP contribution in [0.5, 0.6) is 5.75 Å². The van der Waals surface area contributed by atoms with Gasteiger partial charge in [0.25, 0.3) is 0 Å². The summed E-state index contributed by atoms with van der Waals surface area (Å²) in [5, 5.41) is 8.77. The number of benzene rings is 1. The molecule has 9 heteroatoms. The van der Waals surface area contributed by atoms with Gasteiger partial charge in [-0.25, -0.2) is 0 Å². The summed E-state index contributed by atoms with van der Waals surface area (Å²) >= 11 is 0. The fourth-order valence-corrected chi connectivity index (χ4v) is 3.78. The summed E-state index contributed by atoms with van der Waals surface area (Å²) in [5.41, 5.74) is 1.72. The van der Waals surface area contributed by atoms with Crippen molar-refractivity contribution in [3.8, 4) is 17.0 Å². The highest BCUT2D eigenvalue weighted by Gasteiger charge is 2.27. The zero-order valence-electron chi connectivity index (χ0n) is 19.9. The predicted octanol–water partition coefficient (Wildman–Crippen LogP) is 2.07. The molecule has 1 aromatic heterocycles. The van der Waals surface area contributed by atoms with E-state index in [9.17, 15) is 9.59 Å². The van der Waals surface area contributed by atoms with Crippen molar-refractivity contribution >= 4 is 17.6 Å². The van der Waals surface area contributed by atoms with E-state index in [4.69, 9.17) is 9.47 Å². The first kappa shape index (κ1) is 24.4. The maximum absolute atomic E-state index is 12.9. The normalized spacial score (nSPS) is 14.7. The SMILES string of the molecule is CCC(C)N(CC(=O)N1CCN(c2ccc(-c3cccc(OC)c3)nn2)CC1)C(=O)COC. The van der Waals surface area contributed by atoms with Crippen LogP contribution in [0.3, 0.4) is 0 Å². The molecular weight excluding hydrogens is 422 g/mol. The summed E-state index contributed by atoms with van der Waals surface area (Å²) in [7, 11) is 3.12. The van der Waals surface area contributed by atoms with E-state index in [1.54, 1.807) is 12.0 Å². The lowest BCUT2D eigenvalue weighted by Crippen LogP contribution is -2.53. The molecule has 3 rings (SSSR count). The van der Waals surface area contributed by atoms with Gasteiger partial charge in [0, 0.05) is 44.9 Å². The number of anilines is 1. The van der Waals surface area contributed by atoms with Gasteiger partial charge in [0.05, 0.1) is 12.8 Å². The largest absolute Gasteiger partial charge is 0.497 e. The predicted molar refractivity (Wildman–Crippen MR) is 126 cm³/mol. The Morgan fingerprint density at radius 1 is 1.09 bits per heavy atom. The first-order valence-corrected chi connectivity index (χ1v) is 11.3. The fourth-order valence-electron chi connectivity index (χ4n) is 3.78. The van der Waals surface area contributed by atoms with Gasteiger partial charge < -0.3 is 24.2 Å².